The molecule has 140 valence electrons. The summed E-state index contributed by atoms with van der Waals surface area (Å²) < 4.78 is 11.0. The predicted octanol–water partition coefficient (Wildman–Crippen LogP) is 6.06. The number of ether oxygens (including phenoxy) is 1. The van der Waals surface area contributed by atoms with E-state index >= 15 is 0 Å². The van der Waals surface area contributed by atoms with E-state index in [9.17, 15) is 4.79 Å². The number of oxazole rings is 1. The minimum atomic E-state index is -0.339. The second-order valence-electron chi connectivity index (χ2n) is 5.98. The summed E-state index contributed by atoms with van der Waals surface area (Å²) in [7, 11) is 1.50. The first-order valence-corrected chi connectivity index (χ1v) is 9.11. The maximum atomic E-state index is 12.6. The number of halogens is 2. The first kappa shape index (κ1) is 18.3. The Bertz CT molecular complexity index is 1190. The van der Waals surface area contributed by atoms with Crippen molar-refractivity contribution in [1.82, 2.24) is 4.98 Å². The Morgan fingerprint density at radius 1 is 1.07 bits per heavy atom. The molecular weight excluding hydrogens is 399 g/mol. The number of carbonyl (C=O) groups is 1. The summed E-state index contributed by atoms with van der Waals surface area (Å²) >= 11 is 12.2. The third-order valence-corrected chi connectivity index (χ3v) is 4.72. The largest absolute Gasteiger partial charge is 0.496 e. The summed E-state index contributed by atoms with van der Waals surface area (Å²) in [5.74, 6) is 0.513. The Morgan fingerprint density at radius 3 is 2.68 bits per heavy atom. The number of carbonyl (C=O) groups excluding carboxylic acids is 1. The van der Waals surface area contributed by atoms with E-state index in [2.05, 4.69) is 10.3 Å². The summed E-state index contributed by atoms with van der Waals surface area (Å²) in [5, 5.41) is 3.83. The van der Waals surface area contributed by atoms with E-state index < -0.39 is 0 Å². The molecule has 1 heterocycles. The van der Waals surface area contributed by atoms with Gasteiger partial charge in [0.15, 0.2) is 5.58 Å². The van der Waals surface area contributed by atoms with Crippen molar-refractivity contribution in [3.05, 3.63) is 76.3 Å². The number of benzene rings is 3. The lowest BCUT2D eigenvalue weighted by atomic mass is 10.1. The zero-order chi connectivity index (χ0) is 19.7. The van der Waals surface area contributed by atoms with E-state index in [4.69, 9.17) is 32.4 Å². The molecule has 5 nitrogen and oxygen atoms in total. The molecule has 7 heteroatoms. The molecule has 0 saturated heterocycles. The standard InChI is InChI=1S/C21H14Cl2N2O3/c1-27-18-8-6-12(22)10-15(18)20(26)24-13-7-9-19-17(11-13)25-21(28-19)14-4-2-3-5-16(14)23/h2-11H,1H3,(H,24,26). The maximum absolute atomic E-state index is 12.6. The van der Waals surface area contributed by atoms with Crippen LogP contribution in [-0.4, -0.2) is 18.0 Å². The van der Waals surface area contributed by atoms with Crippen molar-refractivity contribution in [2.75, 3.05) is 12.4 Å². The van der Waals surface area contributed by atoms with Gasteiger partial charge in [0.25, 0.3) is 5.91 Å². The molecule has 4 aromatic rings. The van der Waals surface area contributed by atoms with E-state index in [1.807, 2.05) is 18.2 Å². The predicted molar refractivity (Wildman–Crippen MR) is 110 cm³/mol. The van der Waals surface area contributed by atoms with Crippen LogP contribution < -0.4 is 10.1 Å². The Labute approximate surface area is 170 Å². The number of aromatic nitrogens is 1. The van der Waals surface area contributed by atoms with Crippen molar-refractivity contribution in [3.63, 3.8) is 0 Å². The van der Waals surface area contributed by atoms with E-state index in [0.717, 1.165) is 0 Å². The van der Waals surface area contributed by atoms with Crippen molar-refractivity contribution >= 4 is 45.9 Å². The Kier molecular flexibility index (Phi) is 4.94. The van der Waals surface area contributed by atoms with Gasteiger partial charge in [-0.2, -0.15) is 0 Å². The SMILES string of the molecule is COc1ccc(Cl)cc1C(=O)Nc1ccc2oc(-c3ccccc3Cl)nc2c1. The lowest BCUT2D eigenvalue weighted by Crippen LogP contribution is -2.13. The molecule has 0 unspecified atom stereocenters. The van der Waals surface area contributed by atoms with Crippen molar-refractivity contribution in [1.29, 1.82) is 0 Å². The van der Waals surface area contributed by atoms with Crippen molar-refractivity contribution < 1.29 is 13.9 Å². The lowest BCUT2D eigenvalue weighted by molar-refractivity contribution is 0.102. The third-order valence-electron chi connectivity index (χ3n) is 4.16. The minimum absolute atomic E-state index is 0.339. The molecule has 0 bridgehead atoms. The van der Waals surface area contributed by atoms with Crippen LogP contribution in [0.15, 0.2) is 65.1 Å². The number of amides is 1. The van der Waals surface area contributed by atoms with Crippen LogP contribution in [0.3, 0.4) is 0 Å². The number of nitrogens with zero attached hydrogens (tertiary/aromatic N) is 1. The van der Waals surface area contributed by atoms with E-state index in [-0.39, 0.29) is 5.91 Å². The molecular formula is C21H14Cl2N2O3. The summed E-state index contributed by atoms with van der Waals surface area (Å²) in [4.78, 5) is 17.1. The number of hydrogen-bond acceptors (Lipinski definition) is 4. The molecule has 1 amide bonds. The van der Waals surface area contributed by atoms with Crippen molar-refractivity contribution in [3.8, 4) is 17.2 Å². The number of rotatable bonds is 4. The van der Waals surface area contributed by atoms with Crippen LogP contribution in [0.25, 0.3) is 22.6 Å². The average Bonchev–Trinajstić information content (AvgIpc) is 3.11. The molecule has 0 atom stereocenters. The highest BCUT2D eigenvalue weighted by atomic mass is 35.5. The van der Waals surface area contributed by atoms with E-state index in [1.165, 1.54) is 7.11 Å². The van der Waals surface area contributed by atoms with Gasteiger partial charge in [-0.1, -0.05) is 35.3 Å². The molecule has 0 aliphatic heterocycles. The minimum Gasteiger partial charge on any atom is -0.496 e. The van der Waals surface area contributed by atoms with Crippen LogP contribution in [0.5, 0.6) is 5.75 Å². The molecule has 3 aromatic carbocycles. The highest BCUT2D eigenvalue weighted by molar-refractivity contribution is 6.33. The maximum Gasteiger partial charge on any atom is 0.259 e. The van der Waals surface area contributed by atoms with Gasteiger partial charge in [0.05, 0.1) is 23.3 Å². The van der Waals surface area contributed by atoms with Gasteiger partial charge in [-0.3, -0.25) is 4.79 Å². The van der Waals surface area contributed by atoms with Gasteiger partial charge in [0.1, 0.15) is 11.3 Å². The van der Waals surface area contributed by atoms with Gasteiger partial charge in [-0.15, -0.1) is 0 Å². The number of hydrogen-bond donors (Lipinski definition) is 1. The van der Waals surface area contributed by atoms with Crippen molar-refractivity contribution in [2.24, 2.45) is 0 Å². The molecule has 0 radical (unpaired) electrons. The van der Waals surface area contributed by atoms with Crippen LogP contribution in [-0.2, 0) is 0 Å². The summed E-state index contributed by atoms with van der Waals surface area (Å²) in [6.07, 6.45) is 0. The van der Waals surface area contributed by atoms with Crippen LogP contribution in [0.1, 0.15) is 10.4 Å². The zero-order valence-corrected chi connectivity index (χ0v) is 16.2. The lowest BCUT2D eigenvalue weighted by Gasteiger charge is -2.09. The summed E-state index contributed by atoms with van der Waals surface area (Å²) in [6.45, 7) is 0. The van der Waals surface area contributed by atoms with Crippen LogP contribution >= 0.6 is 23.2 Å². The van der Waals surface area contributed by atoms with Gasteiger partial charge in [0, 0.05) is 10.7 Å². The number of nitrogens with one attached hydrogen (secondary N) is 1. The topological polar surface area (TPSA) is 64.4 Å². The van der Waals surface area contributed by atoms with Crippen LogP contribution in [0, 0.1) is 0 Å². The van der Waals surface area contributed by atoms with E-state index in [1.54, 1.807) is 42.5 Å². The highest BCUT2D eigenvalue weighted by Crippen LogP contribution is 2.31. The third kappa shape index (κ3) is 3.54. The average molecular weight is 413 g/mol. The van der Waals surface area contributed by atoms with Gasteiger partial charge in [0.2, 0.25) is 5.89 Å². The molecule has 0 aliphatic rings. The molecule has 4 rings (SSSR count). The molecule has 0 saturated carbocycles. The highest BCUT2D eigenvalue weighted by Gasteiger charge is 2.15. The number of anilines is 1. The molecule has 0 fully saturated rings. The molecule has 0 spiro atoms. The molecule has 0 aliphatic carbocycles. The van der Waals surface area contributed by atoms with Crippen LogP contribution in [0.4, 0.5) is 5.69 Å². The zero-order valence-electron chi connectivity index (χ0n) is 14.7. The monoisotopic (exact) mass is 412 g/mol. The normalized spacial score (nSPS) is 10.8. The van der Waals surface area contributed by atoms with Gasteiger partial charge in [-0.25, -0.2) is 4.98 Å². The van der Waals surface area contributed by atoms with Gasteiger partial charge in [-0.05, 0) is 48.5 Å². The fraction of sp³-hybridized carbons (Fsp3) is 0.0476. The fourth-order valence-corrected chi connectivity index (χ4v) is 3.20. The van der Waals surface area contributed by atoms with Gasteiger partial charge >= 0.3 is 0 Å². The summed E-state index contributed by atoms with van der Waals surface area (Å²) in [6, 6.07) is 17.4. The molecule has 1 N–H and O–H groups in total. The Hall–Kier alpha value is -3.02. The van der Waals surface area contributed by atoms with Crippen LogP contribution in [0.2, 0.25) is 10.0 Å². The number of methoxy groups -OCH3 is 1. The Morgan fingerprint density at radius 2 is 1.89 bits per heavy atom. The molecule has 1 aromatic heterocycles. The van der Waals surface area contributed by atoms with E-state index in [0.29, 0.717) is 49.6 Å². The summed E-state index contributed by atoms with van der Waals surface area (Å²) in [5.41, 5.74) is 2.80. The second-order valence-corrected chi connectivity index (χ2v) is 6.82. The van der Waals surface area contributed by atoms with Crippen molar-refractivity contribution in [2.45, 2.75) is 0 Å². The Balaban J connectivity index is 1.65. The van der Waals surface area contributed by atoms with Gasteiger partial charge < -0.3 is 14.5 Å². The second kappa shape index (κ2) is 7.54. The first-order chi connectivity index (χ1) is 13.5. The quantitative estimate of drug-likeness (QED) is 0.442. The smallest absolute Gasteiger partial charge is 0.259 e. The first-order valence-electron chi connectivity index (χ1n) is 8.35. The number of fused-ring (bicyclic) bond motifs is 1. The fourth-order valence-electron chi connectivity index (χ4n) is 2.81. The molecule has 28 heavy (non-hydrogen) atoms.